The van der Waals surface area contributed by atoms with Crippen LogP contribution in [0.25, 0.3) is 11.0 Å². The van der Waals surface area contributed by atoms with Crippen LogP contribution in [0.3, 0.4) is 0 Å². The molecule has 30 heavy (non-hydrogen) atoms. The monoisotopic (exact) mass is 415 g/mol. The van der Waals surface area contributed by atoms with Crippen molar-refractivity contribution in [3.05, 3.63) is 23.5 Å². The summed E-state index contributed by atoms with van der Waals surface area (Å²) in [6.07, 6.45) is 6.38. The average Bonchev–Trinajstić information content (AvgIpc) is 3.14. The second-order valence-electron chi connectivity index (χ2n) is 7.18. The first kappa shape index (κ1) is 21.4. The molecule has 0 aliphatic carbocycles. The van der Waals surface area contributed by atoms with Crippen LogP contribution in [-0.4, -0.2) is 46.8 Å². The van der Waals surface area contributed by atoms with E-state index in [4.69, 9.17) is 5.73 Å². The Morgan fingerprint density at radius 3 is 2.67 bits per heavy atom. The van der Waals surface area contributed by atoms with Crippen molar-refractivity contribution in [2.45, 2.75) is 44.9 Å². The lowest BCUT2D eigenvalue weighted by atomic mass is 10.0. The van der Waals surface area contributed by atoms with E-state index >= 15 is 0 Å². The summed E-state index contributed by atoms with van der Waals surface area (Å²) in [5.41, 5.74) is 7.68. The molecule has 2 heterocycles. The van der Waals surface area contributed by atoms with E-state index in [2.05, 4.69) is 30.8 Å². The van der Waals surface area contributed by atoms with Gasteiger partial charge in [-0.25, -0.2) is 9.37 Å². The van der Waals surface area contributed by atoms with Crippen LogP contribution in [0.4, 0.5) is 10.3 Å². The van der Waals surface area contributed by atoms with Crippen molar-refractivity contribution in [1.82, 2.24) is 15.3 Å². The van der Waals surface area contributed by atoms with Crippen LogP contribution in [0, 0.1) is 5.82 Å². The van der Waals surface area contributed by atoms with Gasteiger partial charge in [-0.05, 0) is 37.8 Å². The van der Waals surface area contributed by atoms with Crippen molar-refractivity contribution in [3.63, 3.8) is 0 Å². The quantitative estimate of drug-likeness (QED) is 0.443. The highest BCUT2D eigenvalue weighted by Crippen LogP contribution is 2.20. The zero-order valence-electron chi connectivity index (χ0n) is 16.9. The molecule has 2 aromatic rings. The fraction of sp³-hybridized carbons (Fsp3) is 0.450. The van der Waals surface area contributed by atoms with Gasteiger partial charge < -0.3 is 21.4 Å². The number of hydrogen-bond donors (Lipinski definition) is 4. The van der Waals surface area contributed by atoms with Gasteiger partial charge in [-0.3, -0.25) is 9.59 Å². The topological polar surface area (TPSA) is 138 Å². The second kappa shape index (κ2) is 9.95. The number of hydrogen-bond acceptors (Lipinski definition) is 6. The van der Waals surface area contributed by atoms with Crippen LogP contribution in [-0.2, 0) is 4.79 Å². The van der Waals surface area contributed by atoms with E-state index < -0.39 is 11.7 Å². The van der Waals surface area contributed by atoms with Crippen LogP contribution in [0.1, 0.15) is 55.3 Å². The number of amides is 2. The molecular weight excluding hydrogens is 389 g/mol. The van der Waals surface area contributed by atoms with Gasteiger partial charge in [-0.2, -0.15) is 5.10 Å². The maximum Gasteiger partial charge on any atom is 0.267 e. The Bertz CT molecular complexity index is 996. The van der Waals surface area contributed by atoms with Crippen LogP contribution in [0.15, 0.2) is 22.3 Å². The number of nitrogens with two attached hydrogens (primary N) is 1. The van der Waals surface area contributed by atoms with Crippen LogP contribution in [0.5, 0.6) is 0 Å². The molecule has 1 aliphatic heterocycles. The van der Waals surface area contributed by atoms with E-state index in [0.29, 0.717) is 35.7 Å². The summed E-state index contributed by atoms with van der Waals surface area (Å²) < 4.78 is 13.6. The van der Waals surface area contributed by atoms with Crippen molar-refractivity contribution in [2.24, 2.45) is 15.9 Å². The minimum Gasteiger partial charge on any atom is -0.366 e. The van der Waals surface area contributed by atoms with E-state index in [-0.39, 0.29) is 11.5 Å². The number of carbonyl (C=O) groups is 2. The number of primary amides is 1. The highest BCUT2D eigenvalue weighted by atomic mass is 19.1. The fourth-order valence-electron chi connectivity index (χ4n) is 3.34. The maximum absolute atomic E-state index is 13.6. The second-order valence-corrected chi connectivity index (χ2v) is 7.18. The van der Waals surface area contributed by atoms with E-state index in [0.717, 1.165) is 50.3 Å². The molecule has 1 aliphatic rings. The predicted octanol–water partition coefficient (Wildman–Crippen LogP) is 2.50. The van der Waals surface area contributed by atoms with Gasteiger partial charge in [0.1, 0.15) is 17.0 Å². The molecule has 5 N–H and O–H groups in total. The smallest absolute Gasteiger partial charge is 0.267 e. The molecule has 9 nitrogen and oxygen atoms in total. The number of rotatable bonds is 10. The predicted molar refractivity (Wildman–Crippen MR) is 114 cm³/mol. The molecule has 3 rings (SSSR count). The van der Waals surface area contributed by atoms with Crippen LogP contribution < -0.4 is 16.4 Å². The normalized spacial score (nSPS) is 13.7. The van der Waals surface area contributed by atoms with E-state index in [1.165, 1.54) is 6.07 Å². The summed E-state index contributed by atoms with van der Waals surface area (Å²) in [4.78, 5) is 30.2. The van der Waals surface area contributed by atoms with Crippen molar-refractivity contribution in [2.75, 3.05) is 18.9 Å². The number of anilines is 1. The standard InChI is InChI=1S/C20H26FN7O2/c1-23-19(30)15-8-7-13(27-28-15)6-4-2-3-5-9-24-20-25-16-11-12(21)10-14(18(22)29)17(16)26-20/h10-11H,2-9H2,1H3,(H2,22,29)(H,23,30)(H2,24,25,26). The molecule has 2 amide bonds. The highest BCUT2D eigenvalue weighted by molar-refractivity contribution is 6.39. The first-order valence-electron chi connectivity index (χ1n) is 10.0. The number of unbranched alkanes of at least 4 members (excludes halogenated alkanes) is 3. The molecule has 0 radical (unpaired) electrons. The highest BCUT2D eigenvalue weighted by Gasteiger charge is 2.15. The number of nitrogens with one attached hydrogen (secondary N) is 3. The molecule has 0 bridgehead atoms. The first-order chi connectivity index (χ1) is 14.5. The lowest BCUT2D eigenvalue weighted by molar-refractivity contribution is -0.114. The Morgan fingerprint density at radius 1 is 1.17 bits per heavy atom. The molecule has 0 atom stereocenters. The Labute approximate surface area is 173 Å². The fourth-order valence-corrected chi connectivity index (χ4v) is 3.34. The largest absolute Gasteiger partial charge is 0.366 e. The molecule has 10 heteroatoms. The molecular formula is C20H26FN7O2. The van der Waals surface area contributed by atoms with Crippen molar-refractivity contribution >= 4 is 40.2 Å². The number of halogens is 1. The summed E-state index contributed by atoms with van der Waals surface area (Å²) in [6, 6.07) is 2.38. The Morgan fingerprint density at radius 2 is 1.97 bits per heavy atom. The molecule has 1 aromatic carbocycles. The number of fused-ring (bicyclic) bond motifs is 1. The molecule has 0 spiro atoms. The number of nitrogens with zero attached hydrogens (tertiary/aromatic N) is 3. The number of carbonyl (C=O) groups excluding carboxylic acids is 2. The number of aromatic amines is 1. The SMILES string of the molecule is CNC(=O)C1=NN=C(CCCCCCNc2nc3c(C(N)=O)cc(F)cc3[nH]2)CC1. The minimum absolute atomic E-state index is 0.0618. The third-order valence-electron chi connectivity index (χ3n) is 4.95. The molecule has 0 fully saturated rings. The van der Waals surface area contributed by atoms with E-state index in [1.807, 2.05) is 0 Å². The van der Waals surface area contributed by atoms with Gasteiger partial charge in [0.25, 0.3) is 11.8 Å². The number of benzene rings is 1. The zero-order chi connectivity index (χ0) is 21.5. The summed E-state index contributed by atoms with van der Waals surface area (Å²) in [6.45, 7) is 0.703. The lowest BCUT2D eigenvalue weighted by Crippen LogP contribution is -2.29. The van der Waals surface area contributed by atoms with Gasteiger partial charge in [0.15, 0.2) is 0 Å². The van der Waals surface area contributed by atoms with Gasteiger partial charge in [-0.1, -0.05) is 12.8 Å². The van der Waals surface area contributed by atoms with Crippen molar-refractivity contribution in [1.29, 1.82) is 0 Å². The third-order valence-corrected chi connectivity index (χ3v) is 4.95. The van der Waals surface area contributed by atoms with Gasteiger partial charge in [0, 0.05) is 25.7 Å². The van der Waals surface area contributed by atoms with Crippen LogP contribution >= 0.6 is 0 Å². The maximum atomic E-state index is 13.6. The minimum atomic E-state index is -0.712. The van der Waals surface area contributed by atoms with Gasteiger partial charge in [0.2, 0.25) is 5.95 Å². The number of imidazole rings is 1. The van der Waals surface area contributed by atoms with E-state index in [9.17, 15) is 14.0 Å². The molecule has 0 saturated carbocycles. The Kier molecular flexibility index (Phi) is 7.10. The summed E-state index contributed by atoms with van der Waals surface area (Å²) in [5.74, 6) is -0.925. The van der Waals surface area contributed by atoms with Gasteiger partial charge in [0.05, 0.1) is 11.1 Å². The Balaban J connectivity index is 1.38. The van der Waals surface area contributed by atoms with E-state index in [1.54, 1.807) is 7.05 Å². The average molecular weight is 415 g/mol. The number of aromatic nitrogens is 2. The zero-order valence-corrected chi connectivity index (χ0v) is 16.9. The summed E-state index contributed by atoms with van der Waals surface area (Å²) >= 11 is 0. The Hall–Kier alpha value is -3.30. The lowest BCUT2D eigenvalue weighted by Gasteiger charge is -2.11. The molecule has 0 saturated heterocycles. The molecule has 160 valence electrons. The van der Waals surface area contributed by atoms with Gasteiger partial charge >= 0.3 is 0 Å². The summed E-state index contributed by atoms with van der Waals surface area (Å²) in [7, 11) is 1.59. The number of H-pyrrole nitrogens is 1. The summed E-state index contributed by atoms with van der Waals surface area (Å²) in [5, 5.41) is 13.9. The van der Waals surface area contributed by atoms with Crippen molar-refractivity contribution < 1.29 is 14.0 Å². The first-order valence-corrected chi connectivity index (χ1v) is 10.0. The molecule has 0 unspecified atom stereocenters. The molecule has 1 aromatic heterocycles. The van der Waals surface area contributed by atoms with Crippen molar-refractivity contribution in [3.8, 4) is 0 Å². The van der Waals surface area contributed by atoms with Crippen LogP contribution in [0.2, 0.25) is 0 Å². The third kappa shape index (κ3) is 5.40. The van der Waals surface area contributed by atoms with Gasteiger partial charge in [-0.15, -0.1) is 5.10 Å².